The Morgan fingerprint density at radius 1 is 1.28 bits per heavy atom. The van der Waals surface area contributed by atoms with Gasteiger partial charge in [-0.15, -0.1) is 0 Å². The van der Waals surface area contributed by atoms with Crippen molar-refractivity contribution in [3.8, 4) is 0 Å². The predicted molar refractivity (Wildman–Crippen MR) is 75.2 cm³/mol. The van der Waals surface area contributed by atoms with E-state index in [0.29, 0.717) is 0 Å². The molecule has 0 saturated heterocycles. The number of benzene rings is 1. The van der Waals surface area contributed by atoms with Gasteiger partial charge in [-0.05, 0) is 18.6 Å². The number of nitrogens with one attached hydrogen (secondary N) is 1. The molecule has 0 unspecified atom stereocenters. The standard InChI is InChI=1S/C15H19N3/c1-14(12-15-6-3-2-4-7-15)13-16-9-11-18-10-5-8-17-18/h2-8,10,12,16H,9,11,13H2,1H3. The number of hydrogen-bond acceptors (Lipinski definition) is 2. The summed E-state index contributed by atoms with van der Waals surface area (Å²) in [6.45, 7) is 4.90. The van der Waals surface area contributed by atoms with Gasteiger partial charge in [-0.25, -0.2) is 0 Å². The fourth-order valence-electron chi connectivity index (χ4n) is 1.80. The van der Waals surface area contributed by atoms with E-state index in [1.54, 1.807) is 6.20 Å². The fraction of sp³-hybridized carbons (Fsp3) is 0.267. The fourth-order valence-corrected chi connectivity index (χ4v) is 1.80. The molecule has 3 nitrogen and oxygen atoms in total. The molecule has 0 atom stereocenters. The van der Waals surface area contributed by atoms with Gasteiger partial charge in [0.05, 0.1) is 6.54 Å². The Hall–Kier alpha value is -1.87. The highest BCUT2D eigenvalue weighted by Gasteiger charge is 1.93. The van der Waals surface area contributed by atoms with Crippen molar-refractivity contribution in [3.05, 3.63) is 59.9 Å². The summed E-state index contributed by atoms with van der Waals surface area (Å²) in [4.78, 5) is 0. The Labute approximate surface area is 108 Å². The van der Waals surface area contributed by atoms with E-state index in [1.807, 2.05) is 23.0 Å². The molecule has 3 heteroatoms. The van der Waals surface area contributed by atoms with Gasteiger partial charge in [0.15, 0.2) is 0 Å². The van der Waals surface area contributed by atoms with Gasteiger partial charge in [-0.3, -0.25) is 4.68 Å². The van der Waals surface area contributed by atoms with Crippen LogP contribution in [-0.2, 0) is 6.54 Å². The molecule has 0 aliphatic carbocycles. The third-order valence-corrected chi connectivity index (χ3v) is 2.69. The first-order valence-electron chi connectivity index (χ1n) is 6.25. The molecular weight excluding hydrogens is 222 g/mol. The molecule has 0 aliphatic heterocycles. The highest BCUT2D eigenvalue weighted by atomic mass is 15.3. The van der Waals surface area contributed by atoms with Crippen LogP contribution in [0.2, 0.25) is 0 Å². The van der Waals surface area contributed by atoms with Gasteiger partial charge < -0.3 is 5.32 Å². The summed E-state index contributed by atoms with van der Waals surface area (Å²) in [6.07, 6.45) is 6.00. The Morgan fingerprint density at radius 2 is 2.11 bits per heavy atom. The lowest BCUT2D eigenvalue weighted by Gasteiger charge is -2.05. The Bertz CT molecular complexity index is 472. The second-order valence-corrected chi connectivity index (χ2v) is 4.35. The molecular formula is C15H19N3. The summed E-state index contributed by atoms with van der Waals surface area (Å²) in [6, 6.07) is 12.3. The van der Waals surface area contributed by atoms with Crippen LogP contribution < -0.4 is 5.32 Å². The first-order valence-corrected chi connectivity index (χ1v) is 6.25. The van der Waals surface area contributed by atoms with Crippen molar-refractivity contribution in [3.63, 3.8) is 0 Å². The zero-order chi connectivity index (χ0) is 12.6. The van der Waals surface area contributed by atoms with Crippen LogP contribution in [0, 0.1) is 0 Å². The molecule has 0 spiro atoms. The van der Waals surface area contributed by atoms with Gasteiger partial charge in [-0.2, -0.15) is 5.10 Å². The van der Waals surface area contributed by atoms with Crippen LogP contribution in [0.3, 0.4) is 0 Å². The van der Waals surface area contributed by atoms with E-state index in [-0.39, 0.29) is 0 Å². The number of aromatic nitrogens is 2. The van der Waals surface area contributed by atoms with Crippen molar-refractivity contribution in [2.75, 3.05) is 13.1 Å². The van der Waals surface area contributed by atoms with E-state index in [0.717, 1.165) is 19.6 Å². The average Bonchev–Trinajstić information content (AvgIpc) is 2.89. The molecule has 1 heterocycles. The van der Waals surface area contributed by atoms with Crippen molar-refractivity contribution in [2.24, 2.45) is 0 Å². The quantitative estimate of drug-likeness (QED) is 0.788. The maximum absolute atomic E-state index is 4.16. The van der Waals surface area contributed by atoms with Gasteiger partial charge in [0.1, 0.15) is 0 Å². The molecule has 1 aromatic heterocycles. The van der Waals surface area contributed by atoms with Crippen LogP contribution in [0.5, 0.6) is 0 Å². The minimum Gasteiger partial charge on any atom is -0.311 e. The van der Waals surface area contributed by atoms with Crippen molar-refractivity contribution in [2.45, 2.75) is 13.5 Å². The minimum atomic E-state index is 0.908. The monoisotopic (exact) mass is 241 g/mol. The molecule has 0 fully saturated rings. The van der Waals surface area contributed by atoms with Crippen LogP contribution in [0.4, 0.5) is 0 Å². The summed E-state index contributed by atoms with van der Waals surface area (Å²) in [7, 11) is 0. The van der Waals surface area contributed by atoms with Crippen LogP contribution in [0.25, 0.3) is 6.08 Å². The summed E-state index contributed by atoms with van der Waals surface area (Å²) in [5.41, 5.74) is 2.59. The van der Waals surface area contributed by atoms with Crippen molar-refractivity contribution in [1.82, 2.24) is 15.1 Å². The second kappa shape index (κ2) is 6.77. The molecule has 0 saturated carbocycles. The number of rotatable bonds is 6. The largest absolute Gasteiger partial charge is 0.311 e. The lowest BCUT2D eigenvalue weighted by atomic mass is 10.1. The van der Waals surface area contributed by atoms with Crippen LogP contribution in [-0.4, -0.2) is 22.9 Å². The molecule has 94 valence electrons. The van der Waals surface area contributed by atoms with E-state index in [9.17, 15) is 0 Å². The molecule has 1 aromatic carbocycles. The first kappa shape index (κ1) is 12.6. The maximum atomic E-state index is 4.16. The predicted octanol–water partition coefficient (Wildman–Crippen LogP) is 2.58. The second-order valence-electron chi connectivity index (χ2n) is 4.35. The third-order valence-electron chi connectivity index (χ3n) is 2.69. The van der Waals surface area contributed by atoms with Crippen molar-refractivity contribution >= 4 is 6.08 Å². The molecule has 2 aromatic rings. The Balaban J connectivity index is 1.72. The van der Waals surface area contributed by atoms with Crippen LogP contribution in [0.15, 0.2) is 54.4 Å². The highest BCUT2D eigenvalue weighted by Crippen LogP contribution is 2.04. The van der Waals surface area contributed by atoms with Crippen molar-refractivity contribution < 1.29 is 0 Å². The van der Waals surface area contributed by atoms with Gasteiger partial charge in [-0.1, -0.05) is 42.0 Å². The van der Waals surface area contributed by atoms with E-state index in [1.165, 1.54) is 11.1 Å². The first-order chi connectivity index (χ1) is 8.84. The topological polar surface area (TPSA) is 29.9 Å². The van der Waals surface area contributed by atoms with Gasteiger partial charge in [0, 0.05) is 25.5 Å². The Kier molecular flexibility index (Phi) is 4.73. The van der Waals surface area contributed by atoms with Gasteiger partial charge >= 0.3 is 0 Å². The van der Waals surface area contributed by atoms with E-state index < -0.39 is 0 Å². The minimum absolute atomic E-state index is 0.908. The van der Waals surface area contributed by atoms with E-state index in [4.69, 9.17) is 0 Å². The summed E-state index contributed by atoms with van der Waals surface area (Å²) in [5, 5.41) is 7.58. The van der Waals surface area contributed by atoms with E-state index >= 15 is 0 Å². The molecule has 0 bridgehead atoms. The third kappa shape index (κ3) is 4.18. The molecule has 0 radical (unpaired) electrons. The SMILES string of the molecule is CC(=Cc1ccccc1)CNCCn1cccn1. The lowest BCUT2D eigenvalue weighted by Crippen LogP contribution is -2.21. The molecule has 1 N–H and O–H groups in total. The molecule has 18 heavy (non-hydrogen) atoms. The average molecular weight is 241 g/mol. The zero-order valence-electron chi connectivity index (χ0n) is 10.7. The van der Waals surface area contributed by atoms with Crippen molar-refractivity contribution in [1.29, 1.82) is 0 Å². The molecule has 0 amide bonds. The molecule has 0 aliphatic rings. The summed E-state index contributed by atoms with van der Waals surface area (Å²) < 4.78 is 1.93. The van der Waals surface area contributed by atoms with Crippen LogP contribution >= 0.6 is 0 Å². The zero-order valence-corrected chi connectivity index (χ0v) is 10.7. The van der Waals surface area contributed by atoms with E-state index in [2.05, 4.69) is 47.7 Å². The summed E-state index contributed by atoms with van der Waals surface area (Å²) >= 11 is 0. The number of hydrogen-bond donors (Lipinski definition) is 1. The maximum Gasteiger partial charge on any atom is 0.0534 e. The Morgan fingerprint density at radius 3 is 2.83 bits per heavy atom. The highest BCUT2D eigenvalue weighted by molar-refractivity contribution is 5.52. The van der Waals surface area contributed by atoms with Crippen LogP contribution in [0.1, 0.15) is 12.5 Å². The lowest BCUT2D eigenvalue weighted by molar-refractivity contribution is 0.569. The smallest absolute Gasteiger partial charge is 0.0534 e. The van der Waals surface area contributed by atoms with Gasteiger partial charge in [0.25, 0.3) is 0 Å². The molecule has 2 rings (SSSR count). The number of nitrogens with zero attached hydrogens (tertiary/aromatic N) is 2. The van der Waals surface area contributed by atoms with Gasteiger partial charge in [0.2, 0.25) is 0 Å². The summed E-state index contributed by atoms with van der Waals surface area (Å²) in [5.74, 6) is 0. The normalized spacial score (nSPS) is 11.7.